The molecule has 0 saturated heterocycles. The number of carbonyl (C=O) groups excluding carboxylic acids is 1. The molecule has 0 aliphatic heterocycles. The van der Waals surface area contributed by atoms with Crippen LogP contribution < -0.4 is 5.32 Å². The lowest BCUT2D eigenvalue weighted by Crippen LogP contribution is -2.35. The number of hydrogen-bond acceptors (Lipinski definition) is 2. The number of halogens is 1. The van der Waals surface area contributed by atoms with Crippen molar-refractivity contribution in [1.82, 2.24) is 5.32 Å². The molecule has 0 radical (unpaired) electrons. The molecule has 0 aromatic carbocycles. The molecule has 0 aliphatic carbocycles. The van der Waals surface area contributed by atoms with Gasteiger partial charge in [-0.15, -0.1) is 0 Å². The van der Waals surface area contributed by atoms with E-state index in [1.165, 1.54) is 19.8 Å². The molecule has 0 spiro atoms. The zero-order valence-corrected chi connectivity index (χ0v) is 12.0. The van der Waals surface area contributed by atoms with Gasteiger partial charge in [-0.2, -0.15) is 0 Å². The van der Waals surface area contributed by atoms with Gasteiger partial charge in [0.05, 0.1) is 0 Å². The van der Waals surface area contributed by atoms with Crippen LogP contribution in [-0.2, 0) is 9.53 Å². The largest absolute Gasteiger partial charge is 0.359 e. The van der Waals surface area contributed by atoms with Crippen molar-refractivity contribution in [2.45, 2.75) is 58.6 Å². The zero-order valence-electron chi connectivity index (χ0n) is 10.4. The Morgan fingerprint density at radius 1 is 1.31 bits per heavy atom. The SMILES string of the molecule is CCCCC(NC(C)=O)OCCCCCBr. The first-order valence-corrected chi connectivity index (χ1v) is 7.27. The van der Waals surface area contributed by atoms with Crippen LogP contribution in [0, 0.1) is 0 Å². The molecule has 0 heterocycles. The van der Waals surface area contributed by atoms with Crippen molar-refractivity contribution in [3.8, 4) is 0 Å². The summed E-state index contributed by atoms with van der Waals surface area (Å²) in [6.45, 7) is 4.41. The molecule has 0 rings (SSSR count). The highest BCUT2D eigenvalue weighted by Gasteiger charge is 2.08. The maximum atomic E-state index is 11.0. The number of ether oxygens (including phenoxy) is 1. The molecule has 0 aliphatic rings. The Labute approximate surface area is 107 Å². The number of nitrogens with one attached hydrogen (secondary N) is 1. The van der Waals surface area contributed by atoms with E-state index in [0.717, 1.165) is 37.6 Å². The molecule has 4 heteroatoms. The monoisotopic (exact) mass is 293 g/mol. The van der Waals surface area contributed by atoms with Crippen molar-refractivity contribution in [2.24, 2.45) is 0 Å². The van der Waals surface area contributed by atoms with Gasteiger partial charge in [0.1, 0.15) is 6.23 Å². The van der Waals surface area contributed by atoms with Crippen molar-refractivity contribution in [1.29, 1.82) is 0 Å². The Balaban J connectivity index is 3.60. The van der Waals surface area contributed by atoms with Gasteiger partial charge in [-0.1, -0.05) is 35.7 Å². The minimum Gasteiger partial charge on any atom is -0.359 e. The van der Waals surface area contributed by atoms with E-state index in [1.807, 2.05) is 0 Å². The fourth-order valence-corrected chi connectivity index (χ4v) is 1.81. The minimum atomic E-state index is -0.0959. The summed E-state index contributed by atoms with van der Waals surface area (Å²) in [6.07, 6.45) is 6.45. The number of amides is 1. The smallest absolute Gasteiger partial charge is 0.218 e. The summed E-state index contributed by atoms with van der Waals surface area (Å²) < 4.78 is 5.65. The van der Waals surface area contributed by atoms with Gasteiger partial charge in [0.25, 0.3) is 0 Å². The highest BCUT2D eigenvalue weighted by molar-refractivity contribution is 9.09. The predicted molar refractivity (Wildman–Crippen MR) is 70.7 cm³/mol. The lowest BCUT2D eigenvalue weighted by molar-refractivity contribution is -0.123. The third-order valence-corrected chi connectivity index (χ3v) is 2.84. The summed E-state index contributed by atoms with van der Waals surface area (Å²) in [6, 6.07) is 0. The van der Waals surface area contributed by atoms with Crippen molar-refractivity contribution < 1.29 is 9.53 Å². The number of alkyl halides is 1. The molecule has 0 bridgehead atoms. The molecule has 1 unspecified atom stereocenters. The third-order valence-electron chi connectivity index (χ3n) is 2.28. The number of hydrogen-bond donors (Lipinski definition) is 1. The Kier molecular flexibility index (Phi) is 11.3. The summed E-state index contributed by atoms with van der Waals surface area (Å²) in [5.74, 6) is -0.0124. The summed E-state index contributed by atoms with van der Waals surface area (Å²) in [7, 11) is 0. The Hall–Kier alpha value is -0.0900. The van der Waals surface area contributed by atoms with Gasteiger partial charge in [0, 0.05) is 18.9 Å². The molecule has 16 heavy (non-hydrogen) atoms. The van der Waals surface area contributed by atoms with Gasteiger partial charge in [0.15, 0.2) is 0 Å². The maximum absolute atomic E-state index is 11.0. The van der Waals surface area contributed by atoms with Crippen molar-refractivity contribution in [3.63, 3.8) is 0 Å². The lowest BCUT2D eigenvalue weighted by Gasteiger charge is -2.18. The number of carbonyl (C=O) groups is 1. The normalized spacial score (nSPS) is 12.4. The van der Waals surface area contributed by atoms with Crippen LogP contribution in [0.4, 0.5) is 0 Å². The van der Waals surface area contributed by atoms with Gasteiger partial charge < -0.3 is 10.1 Å². The van der Waals surface area contributed by atoms with Crippen LogP contribution in [-0.4, -0.2) is 24.1 Å². The maximum Gasteiger partial charge on any atom is 0.218 e. The highest BCUT2D eigenvalue weighted by Crippen LogP contribution is 2.05. The van der Waals surface area contributed by atoms with Crippen LogP contribution in [0.25, 0.3) is 0 Å². The molecular formula is C12H24BrNO2. The molecule has 3 nitrogen and oxygen atoms in total. The van der Waals surface area contributed by atoms with Crippen LogP contribution in [0.3, 0.4) is 0 Å². The number of unbranched alkanes of at least 4 members (excludes halogenated alkanes) is 3. The van der Waals surface area contributed by atoms with Crippen LogP contribution in [0.1, 0.15) is 52.4 Å². The van der Waals surface area contributed by atoms with Crippen LogP contribution >= 0.6 is 15.9 Å². The molecule has 1 atom stereocenters. The summed E-state index contributed by atoms with van der Waals surface area (Å²) >= 11 is 3.40. The molecule has 1 N–H and O–H groups in total. The first-order chi connectivity index (χ1) is 7.70. The predicted octanol–water partition coefficient (Wildman–Crippen LogP) is 3.22. The van der Waals surface area contributed by atoms with E-state index >= 15 is 0 Å². The molecule has 0 fully saturated rings. The fourth-order valence-electron chi connectivity index (χ4n) is 1.41. The fraction of sp³-hybridized carbons (Fsp3) is 0.917. The highest BCUT2D eigenvalue weighted by atomic mass is 79.9. The van der Waals surface area contributed by atoms with E-state index in [4.69, 9.17) is 4.74 Å². The van der Waals surface area contributed by atoms with E-state index in [-0.39, 0.29) is 12.1 Å². The second-order valence-corrected chi connectivity index (χ2v) is 4.74. The van der Waals surface area contributed by atoms with Gasteiger partial charge >= 0.3 is 0 Å². The minimum absolute atomic E-state index is 0.0124. The Morgan fingerprint density at radius 3 is 2.62 bits per heavy atom. The quantitative estimate of drug-likeness (QED) is 0.382. The molecule has 1 amide bonds. The second-order valence-electron chi connectivity index (χ2n) is 3.95. The van der Waals surface area contributed by atoms with Crippen LogP contribution in [0.5, 0.6) is 0 Å². The lowest BCUT2D eigenvalue weighted by atomic mass is 10.2. The van der Waals surface area contributed by atoms with Gasteiger partial charge in [-0.05, 0) is 25.7 Å². The third kappa shape index (κ3) is 10.4. The first-order valence-electron chi connectivity index (χ1n) is 6.15. The second kappa shape index (κ2) is 11.4. The van der Waals surface area contributed by atoms with Gasteiger partial charge in [0.2, 0.25) is 5.91 Å². The van der Waals surface area contributed by atoms with Crippen molar-refractivity contribution >= 4 is 21.8 Å². The summed E-state index contributed by atoms with van der Waals surface area (Å²) in [5, 5.41) is 3.89. The van der Waals surface area contributed by atoms with E-state index in [0.29, 0.717) is 0 Å². The standard InChI is InChI=1S/C12H24BrNO2/c1-3-4-8-12(14-11(2)15)16-10-7-5-6-9-13/h12H,3-10H2,1-2H3,(H,14,15). The molecular weight excluding hydrogens is 270 g/mol. The first kappa shape index (κ1) is 15.9. The van der Waals surface area contributed by atoms with Gasteiger partial charge in [-0.3, -0.25) is 4.79 Å². The average molecular weight is 294 g/mol. The summed E-state index contributed by atoms with van der Waals surface area (Å²) in [4.78, 5) is 11.0. The number of rotatable bonds is 10. The van der Waals surface area contributed by atoms with E-state index in [2.05, 4.69) is 28.2 Å². The summed E-state index contributed by atoms with van der Waals surface area (Å²) in [5.41, 5.74) is 0. The molecule has 0 aromatic rings. The van der Waals surface area contributed by atoms with E-state index in [9.17, 15) is 4.79 Å². The Bertz CT molecular complexity index is 176. The topological polar surface area (TPSA) is 38.3 Å². The van der Waals surface area contributed by atoms with E-state index < -0.39 is 0 Å². The van der Waals surface area contributed by atoms with Gasteiger partial charge in [-0.25, -0.2) is 0 Å². The van der Waals surface area contributed by atoms with E-state index in [1.54, 1.807) is 0 Å². The Morgan fingerprint density at radius 2 is 2.06 bits per heavy atom. The van der Waals surface area contributed by atoms with Crippen LogP contribution in [0.15, 0.2) is 0 Å². The zero-order chi connectivity index (χ0) is 12.2. The van der Waals surface area contributed by atoms with Crippen molar-refractivity contribution in [3.05, 3.63) is 0 Å². The average Bonchev–Trinajstić information content (AvgIpc) is 2.24. The van der Waals surface area contributed by atoms with Crippen LogP contribution in [0.2, 0.25) is 0 Å². The molecule has 0 saturated carbocycles. The molecule has 0 aromatic heterocycles. The molecule has 96 valence electrons. The van der Waals surface area contributed by atoms with Crippen molar-refractivity contribution in [2.75, 3.05) is 11.9 Å².